The van der Waals surface area contributed by atoms with Crippen molar-refractivity contribution in [1.29, 1.82) is 0 Å². The predicted octanol–water partition coefficient (Wildman–Crippen LogP) is 4.69. The average Bonchev–Trinajstić information content (AvgIpc) is 2.72. The SMILES string of the molecule is CNCc1csc2c1CCCCCCCCCC2. The molecule has 0 spiro atoms. The van der Waals surface area contributed by atoms with E-state index in [1.165, 1.54) is 64.2 Å². The summed E-state index contributed by atoms with van der Waals surface area (Å²) in [5.74, 6) is 0. The summed E-state index contributed by atoms with van der Waals surface area (Å²) in [4.78, 5) is 1.68. The van der Waals surface area contributed by atoms with Crippen LogP contribution < -0.4 is 5.32 Å². The van der Waals surface area contributed by atoms with Gasteiger partial charge in [-0.3, -0.25) is 0 Å². The lowest BCUT2D eigenvalue weighted by atomic mass is 9.98. The molecule has 2 rings (SSSR count). The number of thiophene rings is 1. The zero-order valence-corrected chi connectivity index (χ0v) is 12.6. The van der Waals surface area contributed by atoms with Gasteiger partial charge in [-0.15, -0.1) is 11.3 Å². The van der Waals surface area contributed by atoms with Crippen molar-refractivity contribution in [3.63, 3.8) is 0 Å². The van der Waals surface area contributed by atoms with Crippen molar-refractivity contribution in [3.05, 3.63) is 21.4 Å². The Kier molecular flexibility index (Phi) is 6.22. The Balaban J connectivity index is 2.04. The Morgan fingerprint density at radius 3 is 2.22 bits per heavy atom. The van der Waals surface area contributed by atoms with Gasteiger partial charge >= 0.3 is 0 Å². The summed E-state index contributed by atoms with van der Waals surface area (Å²) in [6, 6.07) is 0. The summed E-state index contributed by atoms with van der Waals surface area (Å²) >= 11 is 2.00. The first-order valence-electron chi connectivity index (χ1n) is 7.64. The third kappa shape index (κ3) is 4.10. The fourth-order valence-electron chi connectivity index (χ4n) is 2.96. The fraction of sp³-hybridized carbons (Fsp3) is 0.750. The van der Waals surface area contributed by atoms with E-state index in [4.69, 9.17) is 0 Å². The molecule has 0 bridgehead atoms. The summed E-state index contributed by atoms with van der Waals surface area (Å²) < 4.78 is 0. The van der Waals surface area contributed by atoms with Gasteiger partial charge in [0.05, 0.1) is 0 Å². The van der Waals surface area contributed by atoms with E-state index in [-0.39, 0.29) is 0 Å². The molecule has 18 heavy (non-hydrogen) atoms. The number of aryl methyl sites for hydroxylation is 1. The minimum Gasteiger partial charge on any atom is -0.316 e. The highest BCUT2D eigenvalue weighted by Gasteiger charge is 2.11. The first kappa shape index (κ1) is 14.1. The molecule has 0 saturated heterocycles. The molecule has 0 amide bonds. The Hall–Kier alpha value is -0.340. The van der Waals surface area contributed by atoms with Crippen LogP contribution in [0, 0.1) is 0 Å². The minimum absolute atomic E-state index is 1.05. The molecule has 0 radical (unpaired) electrons. The molecular formula is C16H27NS. The highest BCUT2D eigenvalue weighted by Crippen LogP contribution is 2.27. The molecule has 102 valence electrons. The number of hydrogen-bond donors (Lipinski definition) is 1. The molecule has 0 aliphatic heterocycles. The number of rotatable bonds is 2. The predicted molar refractivity (Wildman–Crippen MR) is 81.4 cm³/mol. The first-order valence-corrected chi connectivity index (χ1v) is 8.52. The molecule has 1 nitrogen and oxygen atoms in total. The Bertz CT molecular complexity index is 343. The van der Waals surface area contributed by atoms with E-state index < -0.39 is 0 Å². The third-order valence-corrected chi connectivity index (χ3v) is 5.15. The van der Waals surface area contributed by atoms with Crippen molar-refractivity contribution in [2.45, 2.75) is 70.8 Å². The lowest BCUT2D eigenvalue weighted by Crippen LogP contribution is -2.07. The second kappa shape index (κ2) is 7.96. The Morgan fingerprint density at radius 2 is 1.56 bits per heavy atom. The van der Waals surface area contributed by atoms with Crippen LogP contribution in [0.2, 0.25) is 0 Å². The van der Waals surface area contributed by atoms with Gasteiger partial charge < -0.3 is 5.32 Å². The van der Waals surface area contributed by atoms with Gasteiger partial charge in [0.25, 0.3) is 0 Å². The normalized spacial score (nSPS) is 18.7. The van der Waals surface area contributed by atoms with Crippen LogP contribution in [0.5, 0.6) is 0 Å². The van der Waals surface area contributed by atoms with Gasteiger partial charge in [-0.2, -0.15) is 0 Å². The van der Waals surface area contributed by atoms with Crippen molar-refractivity contribution in [2.24, 2.45) is 0 Å². The maximum Gasteiger partial charge on any atom is 0.0213 e. The van der Waals surface area contributed by atoms with Gasteiger partial charge in [-0.25, -0.2) is 0 Å². The summed E-state index contributed by atoms with van der Waals surface area (Å²) in [5.41, 5.74) is 3.25. The zero-order valence-electron chi connectivity index (χ0n) is 11.8. The van der Waals surface area contributed by atoms with Gasteiger partial charge in [-0.1, -0.05) is 38.5 Å². The molecule has 0 aromatic carbocycles. The maximum absolute atomic E-state index is 3.31. The molecule has 1 N–H and O–H groups in total. The standard InChI is InChI=1S/C16H27NS/c1-17-12-14-13-18-16-11-9-7-5-3-2-4-6-8-10-15(14)16/h13,17H,2-12H2,1H3. The minimum atomic E-state index is 1.05. The molecule has 1 aromatic heterocycles. The summed E-state index contributed by atoms with van der Waals surface area (Å²) in [7, 11) is 2.06. The van der Waals surface area contributed by atoms with E-state index in [0.717, 1.165) is 6.54 Å². The second-order valence-electron chi connectivity index (χ2n) is 5.52. The molecule has 1 aliphatic carbocycles. The molecule has 1 heterocycles. The average molecular weight is 265 g/mol. The van der Waals surface area contributed by atoms with Crippen LogP contribution >= 0.6 is 11.3 Å². The topological polar surface area (TPSA) is 12.0 Å². The van der Waals surface area contributed by atoms with Crippen molar-refractivity contribution in [3.8, 4) is 0 Å². The number of nitrogens with one attached hydrogen (secondary N) is 1. The monoisotopic (exact) mass is 265 g/mol. The molecule has 1 aromatic rings. The molecule has 2 heteroatoms. The molecule has 0 unspecified atom stereocenters. The summed E-state index contributed by atoms with van der Waals surface area (Å²) in [6.07, 6.45) is 14.1. The van der Waals surface area contributed by atoms with Crippen LogP contribution in [0.4, 0.5) is 0 Å². The van der Waals surface area contributed by atoms with Gasteiger partial charge in [-0.05, 0) is 49.2 Å². The van der Waals surface area contributed by atoms with E-state index in [0.29, 0.717) is 0 Å². The lowest BCUT2D eigenvalue weighted by molar-refractivity contribution is 0.560. The van der Waals surface area contributed by atoms with E-state index >= 15 is 0 Å². The van der Waals surface area contributed by atoms with E-state index in [9.17, 15) is 0 Å². The molecule has 0 saturated carbocycles. The van der Waals surface area contributed by atoms with Crippen molar-refractivity contribution in [1.82, 2.24) is 5.32 Å². The largest absolute Gasteiger partial charge is 0.316 e. The third-order valence-electron chi connectivity index (χ3n) is 4.02. The number of fused-ring (bicyclic) bond motifs is 1. The van der Waals surface area contributed by atoms with Crippen molar-refractivity contribution in [2.75, 3.05) is 7.05 Å². The van der Waals surface area contributed by atoms with Crippen LogP contribution in [-0.4, -0.2) is 7.05 Å². The summed E-state index contributed by atoms with van der Waals surface area (Å²) in [6.45, 7) is 1.05. The Labute approximate surface area is 116 Å². The molecular weight excluding hydrogens is 238 g/mol. The molecule has 0 fully saturated rings. The van der Waals surface area contributed by atoms with Gasteiger partial charge in [0, 0.05) is 11.4 Å². The highest BCUT2D eigenvalue weighted by molar-refractivity contribution is 7.10. The van der Waals surface area contributed by atoms with E-state index in [2.05, 4.69) is 17.7 Å². The second-order valence-corrected chi connectivity index (χ2v) is 6.49. The Morgan fingerprint density at radius 1 is 0.944 bits per heavy atom. The molecule has 0 atom stereocenters. The zero-order chi connectivity index (χ0) is 12.6. The highest BCUT2D eigenvalue weighted by atomic mass is 32.1. The summed E-state index contributed by atoms with van der Waals surface area (Å²) in [5, 5.41) is 5.70. The number of hydrogen-bond acceptors (Lipinski definition) is 2. The lowest BCUT2D eigenvalue weighted by Gasteiger charge is -2.10. The van der Waals surface area contributed by atoms with Gasteiger partial charge in [0.2, 0.25) is 0 Å². The van der Waals surface area contributed by atoms with Gasteiger partial charge in [0.15, 0.2) is 0 Å². The smallest absolute Gasteiger partial charge is 0.0213 e. The van der Waals surface area contributed by atoms with Crippen LogP contribution in [0.25, 0.3) is 0 Å². The fourth-order valence-corrected chi connectivity index (χ4v) is 4.11. The van der Waals surface area contributed by atoms with Crippen LogP contribution in [-0.2, 0) is 19.4 Å². The quantitative estimate of drug-likeness (QED) is 0.818. The van der Waals surface area contributed by atoms with Crippen LogP contribution in [0.3, 0.4) is 0 Å². The van der Waals surface area contributed by atoms with Crippen molar-refractivity contribution >= 4 is 11.3 Å². The van der Waals surface area contributed by atoms with Gasteiger partial charge in [0.1, 0.15) is 0 Å². The van der Waals surface area contributed by atoms with E-state index in [1.807, 2.05) is 11.3 Å². The first-order chi connectivity index (χ1) is 8.92. The van der Waals surface area contributed by atoms with Crippen LogP contribution in [0.1, 0.15) is 67.4 Å². The van der Waals surface area contributed by atoms with E-state index in [1.54, 1.807) is 16.0 Å². The maximum atomic E-state index is 3.31. The van der Waals surface area contributed by atoms with Crippen molar-refractivity contribution < 1.29 is 0 Å². The molecule has 1 aliphatic rings. The van der Waals surface area contributed by atoms with Crippen LogP contribution in [0.15, 0.2) is 5.38 Å².